The molecule has 2 aromatic rings. The highest BCUT2D eigenvalue weighted by molar-refractivity contribution is 9.09. The van der Waals surface area contributed by atoms with Crippen molar-refractivity contribution in [3.63, 3.8) is 0 Å². The summed E-state index contributed by atoms with van der Waals surface area (Å²) >= 11 is 3.70. The summed E-state index contributed by atoms with van der Waals surface area (Å²) in [5, 5.41) is 1.24. The van der Waals surface area contributed by atoms with Gasteiger partial charge in [0.1, 0.15) is 0 Å². The van der Waals surface area contributed by atoms with Crippen LogP contribution in [0, 0.1) is 0 Å². The zero-order valence-corrected chi connectivity index (χ0v) is 11.9. The fourth-order valence-corrected chi connectivity index (χ4v) is 2.95. The van der Waals surface area contributed by atoms with Gasteiger partial charge in [-0.2, -0.15) is 0 Å². The molecule has 1 aromatic heterocycles. The Morgan fingerprint density at radius 2 is 2.06 bits per heavy atom. The third kappa shape index (κ3) is 2.73. The molecule has 0 atom stereocenters. The molecule has 1 aromatic carbocycles. The molecule has 1 aliphatic heterocycles. The maximum atomic E-state index is 4.36. The van der Waals surface area contributed by atoms with Gasteiger partial charge in [-0.05, 0) is 49.7 Å². The summed E-state index contributed by atoms with van der Waals surface area (Å²) in [6.45, 7) is 3.45. The van der Waals surface area contributed by atoms with Gasteiger partial charge in [0.15, 0.2) is 0 Å². The van der Waals surface area contributed by atoms with E-state index in [9.17, 15) is 0 Å². The van der Waals surface area contributed by atoms with Crippen LogP contribution in [0.25, 0.3) is 10.9 Å². The first-order valence-corrected chi connectivity index (χ1v) is 7.43. The van der Waals surface area contributed by atoms with Gasteiger partial charge in [-0.3, -0.25) is 9.88 Å². The number of likely N-dealkylation sites (tertiary alicyclic amines) is 1. The number of pyridine rings is 1. The lowest BCUT2D eigenvalue weighted by molar-refractivity contribution is 0.226. The average Bonchev–Trinajstić information content (AvgIpc) is 2.41. The third-order valence-corrected chi connectivity index (χ3v) is 4.51. The van der Waals surface area contributed by atoms with E-state index >= 15 is 0 Å². The van der Waals surface area contributed by atoms with Gasteiger partial charge < -0.3 is 0 Å². The molecule has 1 aliphatic rings. The van der Waals surface area contributed by atoms with Crippen LogP contribution >= 0.6 is 15.9 Å². The topological polar surface area (TPSA) is 16.1 Å². The van der Waals surface area contributed by atoms with Crippen LogP contribution in [0.3, 0.4) is 0 Å². The molecule has 0 bridgehead atoms. The van der Waals surface area contributed by atoms with Gasteiger partial charge in [-0.15, -0.1) is 0 Å². The molecule has 0 spiro atoms. The van der Waals surface area contributed by atoms with E-state index in [0.29, 0.717) is 0 Å². The highest BCUT2D eigenvalue weighted by Crippen LogP contribution is 2.20. The Hall–Kier alpha value is -0.930. The molecule has 0 radical (unpaired) electrons. The highest BCUT2D eigenvalue weighted by atomic mass is 79.9. The number of hydrogen-bond acceptors (Lipinski definition) is 2. The van der Waals surface area contributed by atoms with E-state index in [0.717, 1.165) is 16.9 Å². The first-order valence-electron chi connectivity index (χ1n) is 6.51. The predicted molar refractivity (Wildman–Crippen MR) is 79.0 cm³/mol. The highest BCUT2D eigenvalue weighted by Gasteiger charge is 2.16. The summed E-state index contributed by atoms with van der Waals surface area (Å²) in [6.07, 6.45) is 4.37. The zero-order chi connectivity index (χ0) is 12.4. The van der Waals surface area contributed by atoms with Crippen molar-refractivity contribution in [1.82, 2.24) is 9.88 Å². The van der Waals surface area contributed by atoms with E-state index in [-0.39, 0.29) is 0 Å². The minimum Gasteiger partial charge on any atom is -0.299 e. The fraction of sp³-hybridized carbons (Fsp3) is 0.400. The Kier molecular flexibility index (Phi) is 3.62. The van der Waals surface area contributed by atoms with Gasteiger partial charge in [0.2, 0.25) is 0 Å². The Morgan fingerprint density at radius 1 is 1.22 bits per heavy atom. The minimum atomic E-state index is 0.717. The molecule has 3 heteroatoms. The summed E-state index contributed by atoms with van der Waals surface area (Å²) in [6, 6.07) is 10.7. The second-order valence-electron chi connectivity index (χ2n) is 4.98. The minimum absolute atomic E-state index is 0.717. The summed E-state index contributed by atoms with van der Waals surface area (Å²) in [4.78, 5) is 7.61. The summed E-state index contributed by atoms with van der Waals surface area (Å²) < 4.78 is 0. The van der Waals surface area contributed by atoms with Crippen molar-refractivity contribution in [3.8, 4) is 0 Å². The van der Waals surface area contributed by atoms with Gasteiger partial charge in [0.25, 0.3) is 0 Å². The Balaban J connectivity index is 1.74. The molecule has 0 amide bonds. The Morgan fingerprint density at radius 3 is 2.89 bits per heavy atom. The smallest absolute Gasteiger partial charge is 0.0702 e. The lowest BCUT2D eigenvalue weighted by atomic mass is 10.1. The molecule has 1 saturated heterocycles. The lowest BCUT2D eigenvalue weighted by Crippen LogP contribution is -2.33. The summed E-state index contributed by atoms with van der Waals surface area (Å²) in [7, 11) is 0. The Bertz CT molecular complexity index is 533. The van der Waals surface area contributed by atoms with E-state index in [1.54, 1.807) is 0 Å². The molecule has 0 aliphatic carbocycles. The second kappa shape index (κ2) is 5.37. The molecule has 1 fully saturated rings. The van der Waals surface area contributed by atoms with Gasteiger partial charge in [0, 0.05) is 23.0 Å². The molecule has 2 nitrogen and oxygen atoms in total. The summed E-state index contributed by atoms with van der Waals surface area (Å²) in [5.41, 5.74) is 2.48. The van der Waals surface area contributed by atoms with Crippen LogP contribution in [0.2, 0.25) is 0 Å². The SMILES string of the molecule is BrC1CCN(Cc2ccc3ncccc3c2)CC1. The number of benzene rings is 1. The average molecular weight is 305 g/mol. The Labute approximate surface area is 116 Å². The molecule has 3 rings (SSSR count). The third-order valence-electron chi connectivity index (χ3n) is 3.59. The van der Waals surface area contributed by atoms with Crippen LogP contribution < -0.4 is 0 Å². The number of alkyl halides is 1. The van der Waals surface area contributed by atoms with E-state index in [2.05, 4.69) is 50.1 Å². The van der Waals surface area contributed by atoms with Crippen LogP contribution in [0.15, 0.2) is 36.5 Å². The van der Waals surface area contributed by atoms with E-state index in [1.807, 2.05) is 12.3 Å². The molecule has 0 unspecified atom stereocenters. The molecule has 94 valence electrons. The van der Waals surface area contributed by atoms with Crippen LogP contribution in [-0.4, -0.2) is 27.8 Å². The summed E-state index contributed by atoms with van der Waals surface area (Å²) in [5.74, 6) is 0. The molecule has 18 heavy (non-hydrogen) atoms. The number of rotatable bonds is 2. The fourth-order valence-electron chi connectivity index (χ4n) is 2.54. The van der Waals surface area contributed by atoms with E-state index in [4.69, 9.17) is 0 Å². The quantitative estimate of drug-likeness (QED) is 0.788. The monoisotopic (exact) mass is 304 g/mol. The molecule has 0 saturated carbocycles. The number of piperidine rings is 1. The second-order valence-corrected chi connectivity index (χ2v) is 6.28. The number of aromatic nitrogens is 1. The van der Waals surface area contributed by atoms with Crippen molar-refractivity contribution < 1.29 is 0 Å². The van der Waals surface area contributed by atoms with Gasteiger partial charge >= 0.3 is 0 Å². The van der Waals surface area contributed by atoms with Crippen molar-refractivity contribution >= 4 is 26.8 Å². The standard InChI is InChI=1S/C15H17BrN2/c16-14-5-8-18(9-6-14)11-12-3-4-15-13(10-12)2-1-7-17-15/h1-4,7,10,14H,5-6,8-9,11H2. The van der Waals surface area contributed by atoms with E-state index in [1.165, 1.54) is 36.9 Å². The van der Waals surface area contributed by atoms with Crippen molar-refractivity contribution in [2.45, 2.75) is 24.2 Å². The number of nitrogens with zero attached hydrogens (tertiary/aromatic N) is 2. The maximum Gasteiger partial charge on any atom is 0.0702 e. The normalized spacial score (nSPS) is 18.3. The van der Waals surface area contributed by atoms with Gasteiger partial charge in [-0.1, -0.05) is 28.1 Å². The van der Waals surface area contributed by atoms with Crippen molar-refractivity contribution in [3.05, 3.63) is 42.1 Å². The first-order chi connectivity index (χ1) is 8.81. The number of hydrogen-bond donors (Lipinski definition) is 0. The molecular weight excluding hydrogens is 288 g/mol. The maximum absolute atomic E-state index is 4.36. The molecule has 2 heterocycles. The number of fused-ring (bicyclic) bond motifs is 1. The van der Waals surface area contributed by atoms with Crippen LogP contribution in [-0.2, 0) is 6.54 Å². The van der Waals surface area contributed by atoms with Gasteiger partial charge in [-0.25, -0.2) is 0 Å². The van der Waals surface area contributed by atoms with Crippen LogP contribution in [0.4, 0.5) is 0 Å². The van der Waals surface area contributed by atoms with Gasteiger partial charge in [0.05, 0.1) is 5.52 Å². The predicted octanol–water partition coefficient (Wildman–Crippen LogP) is 3.59. The largest absolute Gasteiger partial charge is 0.299 e. The van der Waals surface area contributed by atoms with Crippen molar-refractivity contribution in [2.24, 2.45) is 0 Å². The molecule has 0 N–H and O–H groups in total. The van der Waals surface area contributed by atoms with Crippen LogP contribution in [0.1, 0.15) is 18.4 Å². The van der Waals surface area contributed by atoms with Crippen molar-refractivity contribution in [1.29, 1.82) is 0 Å². The van der Waals surface area contributed by atoms with Crippen molar-refractivity contribution in [2.75, 3.05) is 13.1 Å². The molecular formula is C15H17BrN2. The lowest BCUT2D eigenvalue weighted by Gasteiger charge is -2.29. The number of halogens is 1. The van der Waals surface area contributed by atoms with Crippen LogP contribution in [0.5, 0.6) is 0 Å². The van der Waals surface area contributed by atoms with E-state index < -0.39 is 0 Å². The first kappa shape index (κ1) is 12.1. The zero-order valence-electron chi connectivity index (χ0n) is 10.3.